The number of rotatable bonds is 4. The summed E-state index contributed by atoms with van der Waals surface area (Å²) < 4.78 is 13.3. The molecule has 0 aliphatic heterocycles. The third-order valence-corrected chi connectivity index (χ3v) is 2.47. The highest BCUT2D eigenvalue weighted by atomic mass is 79.9. The zero-order valence-corrected chi connectivity index (χ0v) is 9.55. The summed E-state index contributed by atoms with van der Waals surface area (Å²) >= 11 is 3.08. The minimum atomic E-state index is -0.507. The molecule has 2 N–H and O–H groups in total. The number of aliphatic hydroxyl groups is 1. The standard InChI is InChI=1S/C10H11BrFNO2/c11-8-5-7(1-2-9(8)12)3-4-13-10(15)6-14/h1-2,5,14H,3-4,6H2,(H,13,15). The summed E-state index contributed by atoms with van der Waals surface area (Å²) in [6.45, 7) is -0.0788. The third kappa shape index (κ3) is 3.97. The highest BCUT2D eigenvalue weighted by Gasteiger charge is 2.01. The van der Waals surface area contributed by atoms with E-state index in [2.05, 4.69) is 21.2 Å². The van der Waals surface area contributed by atoms with Gasteiger partial charge in [0.1, 0.15) is 12.4 Å². The van der Waals surface area contributed by atoms with Gasteiger partial charge in [0, 0.05) is 6.54 Å². The Morgan fingerprint density at radius 1 is 1.53 bits per heavy atom. The van der Waals surface area contributed by atoms with Gasteiger partial charge in [-0.25, -0.2) is 4.39 Å². The monoisotopic (exact) mass is 275 g/mol. The Balaban J connectivity index is 2.44. The Kier molecular flexibility index (Phi) is 4.71. The van der Waals surface area contributed by atoms with E-state index in [0.29, 0.717) is 17.4 Å². The molecule has 1 aromatic rings. The molecule has 0 radical (unpaired) electrons. The quantitative estimate of drug-likeness (QED) is 0.869. The van der Waals surface area contributed by atoms with E-state index in [4.69, 9.17) is 5.11 Å². The van der Waals surface area contributed by atoms with Gasteiger partial charge in [0.2, 0.25) is 5.91 Å². The fourth-order valence-corrected chi connectivity index (χ4v) is 1.52. The molecule has 0 aliphatic rings. The fourth-order valence-electron chi connectivity index (χ4n) is 1.10. The molecule has 5 heteroatoms. The predicted molar refractivity (Wildman–Crippen MR) is 57.9 cm³/mol. The van der Waals surface area contributed by atoms with Crippen LogP contribution in [0.1, 0.15) is 5.56 Å². The van der Waals surface area contributed by atoms with Gasteiger partial charge in [-0.3, -0.25) is 4.79 Å². The summed E-state index contributed by atoms with van der Waals surface area (Å²) in [7, 11) is 0. The maximum atomic E-state index is 12.9. The van der Waals surface area contributed by atoms with Crippen LogP contribution in [0.2, 0.25) is 0 Å². The second kappa shape index (κ2) is 5.82. The van der Waals surface area contributed by atoms with Gasteiger partial charge >= 0.3 is 0 Å². The van der Waals surface area contributed by atoms with Crippen molar-refractivity contribution in [2.45, 2.75) is 6.42 Å². The van der Waals surface area contributed by atoms with Crippen molar-refractivity contribution < 1.29 is 14.3 Å². The molecule has 0 aliphatic carbocycles. The number of benzene rings is 1. The van der Waals surface area contributed by atoms with Gasteiger partial charge in [0.25, 0.3) is 0 Å². The van der Waals surface area contributed by atoms with Gasteiger partial charge < -0.3 is 10.4 Å². The summed E-state index contributed by atoms with van der Waals surface area (Å²) in [4.78, 5) is 10.7. The first-order chi connectivity index (χ1) is 7.13. The number of halogens is 2. The molecule has 1 aromatic carbocycles. The van der Waals surface area contributed by atoms with Crippen molar-refractivity contribution in [3.05, 3.63) is 34.1 Å². The maximum absolute atomic E-state index is 12.9. The van der Waals surface area contributed by atoms with Crippen LogP contribution in [-0.2, 0) is 11.2 Å². The van der Waals surface area contributed by atoms with Crippen molar-refractivity contribution in [3.8, 4) is 0 Å². The number of amides is 1. The van der Waals surface area contributed by atoms with Crippen LogP contribution in [0.3, 0.4) is 0 Å². The van der Waals surface area contributed by atoms with E-state index in [1.54, 1.807) is 12.1 Å². The lowest BCUT2D eigenvalue weighted by Gasteiger charge is -2.04. The number of aliphatic hydroxyl groups excluding tert-OH is 1. The summed E-state index contributed by atoms with van der Waals surface area (Å²) in [5.74, 6) is -0.714. The van der Waals surface area contributed by atoms with Crippen molar-refractivity contribution >= 4 is 21.8 Å². The summed E-state index contributed by atoms with van der Waals surface area (Å²) in [5.41, 5.74) is 0.918. The highest BCUT2D eigenvalue weighted by Crippen LogP contribution is 2.16. The Morgan fingerprint density at radius 3 is 2.87 bits per heavy atom. The Bertz CT molecular complexity index is 357. The second-order valence-corrected chi connectivity index (χ2v) is 3.86. The molecule has 15 heavy (non-hydrogen) atoms. The molecule has 1 rings (SSSR count). The first kappa shape index (κ1) is 12.1. The first-order valence-corrected chi connectivity index (χ1v) is 5.24. The summed E-state index contributed by atoms with van der Waals surface area (Å²) in [5, 5.41) is 11.0. The van der Waals surface area contributed by atoms with E-state index >= 15 is 0 Å². The number of carbonyl (C=O) groups is 1. The molecule has 0 saturated carbocycles. The molecular formula is C10H11BrFNO2. The molecule has 82 valence electrons. The number of hydrogen-bond donors (Lipinski definition) is 2. The van der Waals surface area contributed by atoms with E-state index in [-0.39, 0.29) is 5.82 Å². The molecule has 0 unspecified atom stereocenters. The minimum absolute atomic E-state index is 0.307. The predicted octanol–water partition coefficient (Wildman–Crippen LogP) is 1.24. The van der Waals surface area contributed by atoms with Crippen molar-refractivity contribution in [1.29, 1.82) is 0 Å². The lowest BCUT2D eigenvalue weighted by atomic mass is 10.1. The van der Waals surface area contributed by atoms with Crippen LogP contribution in [0.4, 0.5) is 4.39 Å². The van der Waals surface area contributed by atoms with Gasteiger partial charge in [-0.05, 0) is 40.0 Å². The van der Waals surface area contributed by atoms with Gasteiger partial charge in [0.05, 0.1) is 4.47 Å². The number of hydrogen-bond acceptors (Lipinski definition) is 2. The molecule has 0 aromatic heterocycles. The van der Waals surface area contributed by atoms with Crippen LogP contribution >= 0.6 is 15.9 Å². The normalized spacial score (nSPS) is 10.1. The highest BCUT2D eigenvalue weighted by molar-refractivity contribution is 9.10. The minimum Gasteiger partial charge on any atom is -0.387 e. The van der Waals surface area contributed by atoms with E-state index in [9.17, 15) is 9.18 Å². The van der Waals surface area contributed by atoms with Crippen LogP contribution in [0.5, 0.6) is 0 Å². The van der Waals surface area contributed by atoms with E-state index in [1.165, 1.54) is 6.07 Å². The fraction of sp³-hybridized carbons (Fsp3) is 0.300. The smallest absolute Gasteiger partial charge is 0.245 e. The zero-order valence-electron chi connectivity index (χ0n) is 7.96. The van der Waals surface area contributed by atoms with Crippen LogP contribution < -0.4 is 5.32 Å². The topological polar surface area (TPSA) is 49.3 Å². The zero-order chi connectivity index (χ0) is 11.3. The average molecular weight is 276 g/mol. The van der Waals surface area contributed by atoms with Crippen molar-refractivity contribution in [1.82, 2.24) is 5.32 Å². The molecule has 1 amide bonds. The van der Waals surface area contributed by atoms with E-state index in [0.717, 1.165) is 5.56 Å². The maximum Gasteiger partial charge on any atom is 0.245 e. The van der Waals surface area contributed by atoms with Crippen molar-refractivity contribution in [3.63, 3.8) is 0 Å². The molecule has 0 fully saturated rings. The molecule has 3 nitrogen and oxygen atoms in total. The van der Waals surface area contributed by atoms with E-state index < -0.39 is 12.5 Å². The van der Waals surface area contributed by atoms with Gasteiger partial charge in [-0.2, -0.15) is 0 Å². The Morgan fingerprint density at radius 2 is 2.27 bits per heavy atom. The lowest BCUT2D eigenvalue weighted by Crippen LogP contribution is -2.28. The third-order valence-electron chi connectivity index (χ3n) is 1.86. The first-order valence-electron chi connectivity index (χ1n) is 4.45. The number of nitrogens with one attached hydrogen (secondary N) is 1. The molecule has 0 heterocycles. The summed E-state index contributed by atoms with van der Waals surface area (Å²) in [6, 6.07) is 4.69. The molecule has 0 saturated heterocycles. The van der Waals surface area contributed by atoms with Crippen LogP contribution in [0, 0.1) is 5.82 Å². The molecule has 0 atom stereocenters. The van der Waals surface area contributed by atoms with E-state index in [1.807, 2.05) is 0 Å². The second-order valence-electron chi connectivity index (χ2n) is 3.01. The van der Waals surface area contributed by atoms with Gasteiger partial charge in [-0.15, -0.1) is 0 Å². The average Bonchev–Trinajstić information content (AvgIpc) is 2.23. The van der Waals surface area contributed by atoms with Crippen LogP contribution in [0.15, 0.2) is 22.7 Å². The van der Waals surface area contributed by atoms with Gasteiger partial charge in [-0.1, -0.05) is 6.07 Å². The summed E-state index contributed by atoms with van der Waals surface area (Å²) in [6.07, 6.45) is 0.602. The van der Waals surface area contributed by atoms with Crippen LogP contribution in [-0.4, -0.2) is 24.2 Å². The largest absolute Gasteiger partial charge is 0.387 e. The lowest BCUT2D eigenvalue weighted by molar-refractivity contribution is -0.123. The van der Waals surface area contributed by atoms with Crippen LogP contribution in [0.25, 0.3) is 0 Å². The molecule has 0 spiro atoms. The number of carbonyl (C=O) groups excluding carboxylic acids is 1. The Labute approximate surface area is 95.4 Å². The molecular weight excluding hydrogens is 265 g/mol. The van der Waals surface area contributed by atoms with Crippen molar-refractivity contribution in [2.75, 3.05) is 13.2 Å². The molecule has 0 bridgehead atoms. The van der Waals surface area contributed by atoms with Gasteiger partial charge in [0.15, 0.2) is 0 Å². The van der Waals surface area contributed by atoms with Crippen molar-refractivity contribution in [2.24, 2.45) is 0 Å². The SMILES string of the molecule is O=C(CO)NCCc1ccc(F)c(Br)c1. The Hall–Kier alpha value is -0.940.